The maximum Gasteiger partial charge on any atom is 0.140 e. The van der Waals surface area contributed by atoms with Crippen LogP contribution in [0.15, 0.2) is 48.5 Å². The van der Waals surface area contributed by atoms with E-state index in [-0.39, 0.29) is 5.92 Å². The fraction of sp³-hybridized carbons (Fsp3) is 0.480. The first-order chi connectivity index (χ1) is 13.2. The third-order valence-corrected chi connectivity index (χ3v) is 5.84. The molecule has 3 rings (SSSR count). The molecule has 0 aliphatic heterocycles. The van der Waals surface area contributed by atoms with Crippen LogP contribution < -0.4 is 4.74 Å². The van der Waals surface area contributed by atoms with Gasteiger partial charge < -0.3 is 4.74 Å². The Bertz CT molecular complexity index is 715. The lowest BCUT2D eigenvalue weighted by molar-refractivity contribution is -0.123. The van der Waals surface area contributed by atoms with Crippen molar-refractivity contribution in [3.8, 4) is 16.9 Å². The number of ether oxygens (including phenoxy) is 1. The topological polar surface area (TPSA) is 26.3 Å². The van der Waals surface area contributed by atoms with E-state index in [1.165, 1.54) is 36.0 Å². The molecule has 0 bridgehead atoms. The summed E-state index contributed by atoms with van der Waals surface area (Å²) in [5.41, 5.74) is 3.55. The Morgan fingerprint density at radius 2 is 1.56 bits per heavy atom. The van der Waals surface area contributed by atoms with Gasteiger partial charge in [-0.05, 0) is 54.0 Å². The predicted octanol–water partition coefficient (Wildman–Crippen LogP) is 6.79. The number of Topliss-reactive ketones (excluding diaryl/α,β-unsaturated/α-hetero) is 1. The summed E-state index contributed by atoms with van der Waals surface area (Å²) in [5.74, 6) is 2.05. The largest absolute Gasteiger partial charge is 0.494 e. The van der Waals surface area contributed by atoms with Gasteiger partial charge in [-0.15, -0.1) is 0 Å². The highest BCUT2D eigenvalue weighted by Crippen LogP contribution is 2.35. The van der Waals surface area contributed by atoms with Gasteiger partial charge in [0.15, 0.2) is 0 Å². The van der Waals surface area contributed by atoms with Gasteiger partial charge in [0.05, 0.1) is 6.61 Å². The van der Waals surface area contributed by atoms with E-state index in [1.807, 2.05) is 12.1 Å². The van der Waals surface area contributed by atoms with E-state index in [2.05, 4.69) is 50.2 Å². The van der Waals surface area contributed by atoms with Crippen molar-refractivity contribution in [2.45, 2.75) is 64.7 Å². The fourth-order valence-corrected chi connectivity index (χ4v) is 3.99. The number of ketones is 1. The molecule has 144 valence electrons. The molecule has 2 aromatic carbocycles. The van der Waals surface area contributed by atoms with Gasteiger partial charge in [0.2, 0.25) is 0 Å². The first-order valence-electron chi connectivity index (χ1n) is 10.6. The summed E-state index contributed by atoms with van der Waals surface area (Å²) in [6, 6.07) is 16.9. The first kappa shape index (κ1) is 19.7. The maximum absolute atomic E-state index is 12.5. The summed E-state index contributed by atoms with van der Waals surface area (Å²) in [4.78, 5) is 12.5. The van der Waals surface area contributed by atoms with Crippen LogP contribution in [0.4, 0.5) is 0 Å². The molecule has 0 amide bonds. The number of carbonyl (C=O) groups is 1. The van der Waals surface area contributed by atoms with Crippen LogP contribution in [0.3, 0.4) is 0 Å². The SMILES string of the molecule is CCCCCOc1ccc(-c2ccc([C@@H]3CC[C@@H](CC)CC3=O)cc2)cc1. The van der Waals surface area contributed by atoms with Crippen LogP contribution in [0.5, 0.6) is 5.75 Å². The molecule has 0 radical (unpaired) electrons. The Hall–Kier alpha value is -2.09. The lowest BCUT2D eigenvalue weighted by Gasteiger charge is -2.27. The van der Waals surface area contributed by atoms with Gasteiger partial charge in [0.1, 0.15) is 11.5 Å². The minimum absolute atomic E-state index is 0.0979. The number of unbranched alkanes of at least 4 members (excludes halogenated alkanes) is 2. The second-order valence-electron chi connectivity index (χ2n) is 7.78. The number of rotatable bonds is 8. The lowest BCUT2D eigenvalue weighted by Crippen LogP contribution is -2.23. The van der Waals surface area contributed by atoms with Crippen molar-refractivity contribution in [3.05, 3.63) is 54.1 Å². The number of benzene rings is 2. The van der Waals surface area contributed by atoms with Gasteiger partial charge >= 0.3 is 0 Å². The van der Waals surface area contributed by atoms with Crippen LogP contribution in [0.2, 0.25) is 0 Å². The Morgan fingerprint density at radius 1 is 0.889 bits per heavy atom. The van der Waals surface area contributed by atoms with Crippen molar-refractivity contribution in [1.82, 2.24) is 0 Å². The molecule has 2 heteroatoms. The van der Waals surface area contributed by atoms with Crippen molar-refractivity contribution >= 4 is 5.78 Å². The summed E-state index contributed by atoms with van der Waals surface area (Å²) >= 11 is 0. The molecule has 0 saturated heterocycles. The predicted molar refractivity (Wildman–Crippen MR) is 112 cm³/mol. The van der Waals surface area contributed by atoms with Gasteiger partial charge in [-0.2, -0.15) is 0 Å². The van der Waals surface area contributed by atoms with E-state index in [4.69, 9.17) is 4.74 Å². The van der Waals surface area contributed by atoms with Gasteiger partial charge in [0, 0.05) is 12.3 Å². The Labute approximate surface area is 164 Å². The standard InChI is InChI=1S/C25H32O2/c1-3-5-6-17-27-23-14-12-21(13-15-23)20-8-10-22(11-9-20)24-16-7-19(4-2)18-25(24)26/h8-15,19,24H,3-7,16-18H2,1-2H3/t19-,24+/m1/s1. The number of carbonyl (C=O) groups excluding carboxylic acids is 1. The number of hydrogen-bond acceptors (Lipinski definition) is 2. The van der Waals surface area contributed by atoms with Crippen molar-refractivity contribution < 1.29 is 9.53 Å². The molecule has 1 saturated carbocycles. The van der Waals surface area contributed by atoms with Crippen LogP contribution in [-0.2, 0) is 4.79 Å². The molecule has 2 nitrogen and oxygen atoms in total. The van der Waals surface area contributed by atoms with Crippen LogP contribution in [0.1, 0.15) is 70.3 Å². The van der Waals surface area contributed by atoms with E-state index in [9.17, 15) is 4.79 Å². The van der Waals surface area contributed by atoms with Crippen molar-refractivity contribution in [2.75, 3.05) is 6.61 Å². The van der Waals surface area contributed by atoms with Crippen molar-refractivity contribution in [2.24, 2.45) is 5.92 Å². The fourth-order valence-electron chi connectivity index (χ4n) is 3.99. The highest BCUT2D eigenvalue weighted by molar-refractivity contribution is 5.86. The third-order valence-electron chi connectivity index (χ3n) is 5.84. The molecule has 1 fully saturated rings. The average molecular weight is 365 g/mol. The van der Waals surface area contributed by atoms with E-state index in [1.54, 1.807) is 0 Å². The molecule has 1 aliphatic rings. The van der Waals surface area contributed by atoms with Crippen LogP contribution >= 0.6 is 0 Å². The van der Waals surface area contributed by atoms with Gasteiger partial charge in [-0.1, -0.05) is 69.5 Å². The molecular formula is C25H32O2. The first-order valence-corrected chi connectivity index (χ1v) is 10.6. The van der Waals surface area contributed by atoms with Gasteiger partial charge in [-0.25, -0.2) is 0 Å². The zero-order valence-electron chi connectivity index (χ0n) is 16.7. The minimum atomic E-state index is 0.0979. The highest BCUT2D eigenvalue weighted by Gasteiger charge is 2.28. The molecule has 0 aromatic heterocycles. The summed E-state index contributed by atoms with van der Waals surface area (Å²) < 4.78 is 5.79. The Morgan fingerprint density at radius 3 is 2.15 bits per heavy atom. The van der Waals surface area contributed by atoms with E-state index < -0.39 is 0 Å². The molecule has 0 unspecified atom stereocenters. The van der Waals surface area contributed by atoms with Crippen LogP contribution in [0.25, 0.3) is 11.1 Å². The third kappa shape index (κ3) is 5.22. The second-order valence-corrected chi connectivity index (χ2v) is 7.78. The Balaban J connectivity index is 1.61. The molecule has 2 atom stereocenters. The zero-order chi connectivity index (χ0) is 19.1. The minimum Gasteiger partial charge on any atom is -0.494 e. The van der Waals surface area contributed by atoms with Gasteiger partial charge in [0.25, 0.3) is 0 Å². The molecule has 27 heavy (non-hydrogen) atoms. The lowest BCUT2D eigenvalue weighted by atomic mass is 9.77. The normalized spacial score (nSPS) is 19.9. The van der Waals surface area contributed by atoms with E-state index in [0.717, 1.165) is 38.0 Å². The van der Waals surface area contributed by atoms with Crippen molar-refractivity contribution in [1.29, 1.82) is 0 Å². The van der Waals surface area contributed by atoms with E-state index >= 15 is 0 Å². The molecule has 2 aromatic rings. The second kappa shape index (κ2) is 9.73. The summed E-state index contributed by atoms with van der Waals surface area (Å²) in [6.45, 7) is 5.18. The zero-order valence-corrected chi connectivity index (χ0v) is 16.7. The Kier molecular flexibility index (Phi) is 7.09. The monoisotopic (exact) mass is 364 g/mol. The molecule has 0 N–H and O–H groups in total. The molecule has 0 spiro atoms. The molecule has 1 aliphatic carbocycles. The number of hydrogen-bond donors (Lipinski definition) is 0. The summed E-state index contributed by atoms with van der Waals surface area (Å²) in [6.07, 6.45) is 7.59. The molecule has 0 heterocycles. The summed E-state index contributed by atoms with van der Waals surface area (Å²) in [7, 11) is 0. The van der Waals surface area contributed by atoms with Crippen molar-refractivity contribution in [3.63, 3.8) is 0 Å². The summed E-state index contributed by atoms with van der Waals surface area (Å²) in [5, 5.41) is 0. The average Bonchev–Trinajstić information content (AvgIpc) is 2.72. The quantitative estimate of drug-likeness (QED) is 0.482. The van der Waals surface area contributed by atoms with Crippen LogP contribution in [0, 0.1) is 5.92 Å². The smallest absolute Gasteiger partial charge is 0.140 e. The highest BCUT2D eigenvalue weighted by atomic mass is 16.5. The van der Waals surface area contributed by atoms with Gasteiger partial charge in [-0.3, -0.25) is 4.79 Å². The van der Waals surface area contributed by atoms with E-state index in [0.29, 0.717) is 11.7 Å². The maximum atomic E-state index is 12.5. The molecular weight excluding hydrogens is 332 g/mol. The van der Waals surface area contributed by atoms with Crippen LogP contribution in [-0.4, -0.2) is 12.4 Å².